The van der Waals surface area contributed by atoms with Crippen molar-refractivity contribution >= 4 is 34.7 Å². The van der Waals surface area contributed by atoms with Crippen LogP contribution in [-0.2, 0) is 11.8 Å². The zero-order valence-electron chi connectivity index (χ0n) is 14.8. The van der Waals surface area contributed by atoms with Crippen LogP contribution in [0.15, 0.2) is 58.5 Å². The number of hydrazone groups is 1. The van der Waals surface area contributed by atoms with Crippen LogP contribution in [0.25, 0.3) is 6.08 Å². The van der Waals surface area contributed by atoms with Crippen molar-refractivity contribution in [3.8, 4) is 0 Å². The molecule has 130 valence electrons. The monoisotopic (exact) mass is 362 g/mol. The first-order chi connectivity index (χ1) is 12.5. The first-order valence-corrected chi connectivity index (χ1v) is 9.18. The average Bonchev–Trinajstić information content (AvgIpc) is 3.28. The molecule has 1 aliphatic heterocycles. The highest BCUT2D eigenvalue weighted by molar-refractivity contribution is 7.11. The molecule has 0 radical (unpaired) electrons. The number of para-hydroxylation sites is 1. The van der Waals surface area contributed by atoms with Gasteiger partial charge in [-0.05, 0) is 55.1 Å². The molecule has 0 aliphatic carbocycles. The smallest absolute Gasteiger partial charge is 0.267 e. The largest absolute Gasteiger partial charge is 0.281 e. The maximum absolute atomic E-state index is 13.2. The van der Waals surface area contributed by atoms with E-state index in [0.717, 1.165) is 27.5 Å². The summed E-state index contributed by atoms with van der Waals surface area (Å²) in [7, 11) is 1.87. The second-order valence-corrected chi connectivity index (χ2v) is 7.17. The SMILES string of the molecule is Cc1cc(C2=NN(c3ccccc3)C(=O)/C2=C/c2sccc2C)n(C)n1. The van der Waals surface area contributed by atoms with Crippen LogP contribution < -0.4 is 5.01 Å². The minimum atomic E-state index is -0.127. The fourth-order valence-electron chi connectivity index (χ4n) is 2.97. The van der Waals surface area contributed by atoms with Crippen molar-refractivity contribution in [2.75, 3.05) is 5.01 Å². The Balaban J connectivity index is 1.87. The van der Waals surface area contributed by atoms with E-state index in [0.29, 0.717) is 11.3 Å². The summed E-state index contributed by atoms with van der Waals surface area (Å²) in [5, 5.41) is 12.6. The zero-order chi connectivity index (χ0) is 18.3. The summed E-state index contributed by atoms with van der Waals surface area (Å²) in [6.45, 7) is 3.98. The lowest BCUT2D eigenvalue weighted by molar-refractivity contribution is -0.114. The number of amides is 1. The highest BCUT2D eigenvalue weighted by atomic mass is 32.1. The number of aryl methyl sites for hydroxylation is 3. The van der Waals surface area contributed by atoms with E-state index >= 15 is 0 Å². The van der Waals surface area contributed by atoms with Gasteiger partial charge in [0, 0.05) is 11.9 Å². The van der Waals surface area contributed by atoms with Crippen LogP contribution in [0.4, 0.5) is 5.69 Å². The molecule has 0 bridgehead atoms. The summed E-state index contributed by atoms with van der Waals surface area (Å²) in [4.78, 5) is 14.2. The maximum Gasteiger partial charge on any atom is 0.281 e. The predicted molar refractivity (Wildman–Crippen MR) is 105 cm³/mol. The molecular formula is C20H18N4OS. The molecule has 4 rings (SSSR count). The van der Waals surface area contributed by atoms with Gasteiger partial charge >= 0.3 is 0 Å². The van der Waals surface area contributed by atoms with Crippen molar-refractivity contribution < 1.29 is 4.79 Å². The molecule has 5 nitrogen and oxygen atoms in total. The fraction of sp³-hybridized carbons (Fsp3) is 0.150. The number of nitrogens with zero attached hydrogens (tertiary/aromatic N) is 4. The Labute approximate surface area is 155 Å². The molecule has 26 heavy (non-hydrogen) atoms. The lowest BCUT2D eigenvalue weighted by Gasteiger charge is -2.10. The van der Waals surface area contributed by atoms with E-state index in [1.807, 2.05) is 68.7 Å². The number of anilines is 1. The molecule has 2 aromatic heterocycles. The number of hydrogen-bond donors (Lipinski definition) is 0. The summed E-state index contributed by atoms with van der Waals surface area (Å²) in [6, 6.07) is 13.5. The number of hydrogen-bond acceptors (Lipinski definition) is 4. The number of carbonyl (C=O) groups is 1. The van der Waals surface area contributed by atoms with Crippen molar-refractivity contribution in [2.45, 2.75) is 13.8 Å². The summed E-state index contributed by atoms with van der Waals surface area (Å²) >= 11 is 1.62. The van der Waals surface area contributed by atoms with Gasteiger partial charge in [-0.15, -0.1) is 11.3 Å². The first kappa shape index (κ1) is 16.5. The van der Waals surface area contributed by atoms with E-state index in [-0.39, 0.29) is 5.91 Å². The standard InChI is InChI=1S/C20H18N4OS/c1-13-9-10-26-18(13)12-16-19(17-11-14(2)21-23(17)3)22-24(20(16)25)15-7-5-4-6-8-15/h4-12H,1-3H3/b16-12+. The predicted octanol–water partition coefficient (Wildman–Crippen LogP) is 3.93. The Morgan fingerprint density at radius 1 is 1.12 bits per heavy atom. The molecule has 0 fully saturated rings. The van der Waals surface area contributed by atoms with Crippen LogP contribution >= 0.6 is 11.3 Å². The van der Waals surface area contributed by atoms with Gasteiger partial charge in [0.1, 0.15) is 5.71 Å². The second-order valence-electron chi connectivity index (χ2n) is 6.22. The number of aromatic nitrogens is 2. The van der Waals surface area contributed by atoms with Crippen molar-refractivity contribution in [1.29, 1.82) is 0 Å². The first-order valence-electron chi connectivity index (χ1n) is 8.30. The van der Waals surface area contributed by atoms with Crippen molar-refractivity contribution in [2.24, 2.45) is 12.1 Å². The normalized spacial score (nSPS) is 15.8. The molecule has 3 aromatic rings. The van der Waals surface area contributed by atoms with E-state index in [4.69, 9.17) is 0 Å². The highest BCUT2D eigenvalue weighted by Crippen LogP contribution is 2.29. The molecular weight excluding hydrogens is 344 g/mol. The van der Waals surface area contributed by atoms with Crippen LogP contribution in [0.1, 0.15) is 21.8 Å². The van der Waals surface area contributed by atoms with Crippen LogP contribution in [-0.4, -0.2) is 21.4 Å². The highest BCUT2D eigenvalue weighted by Gasteiger charge is 2.33. The molecule has 0 N–H and O–H groups in total. The van der Waals surface area contributed by atoms with Crippen LogP contribution in [0, 0.1) is 13.8 Å². The van der Waals surface area contributed by atoms with Crippen molar-refractivity contribution in [1.82, 2.24) is 9.78 Å². The summed E-state index contributed by atoms with van der Waals surface area (Å²) in [5.41, 5.74) is 4.85. The second kappa shape index (κ2) is 6.38. The van der Waals surface area contributed by atoms with Gasteiger partial charge in [-0.3, -0.25) is 9.48 Å². The van der Waals surface area contributed by atoms with Gasteiger partial charge in [0.05, 0.1) is 22.6 Å². The average molecular weight is 362 g/mol. The number of benzene rings is 1. The van der Waals surface area contributed by atoms with Gasteiger partial charge in [-0.1, -0.05) is 18.2 Å². The molecule has 0 spiro atoms. The van der Waals surface area contributed by atoms with Crippen LogP contribution in [0.3, 0.4) is 0 Å². The van der Waals surface area contributed by atoms with E-state index in [1.165, 1.54) is 5.01 Å². The van der Waals surface area contributed by atoms with Crippen LogP contribution in [0.2, 0.25) is 0 Å². The third-order valence-corrected chi connectivity index (χ3v) is 5.27. The number of thiophene rings is 1. The Hall–Kier alpha value is -2.99. The van der Waals surface area contributed by atoms with Gasteiger partial charge in [0.2, 0.25) is 0 Å². The maximum atomic E-state index is 13.2. The zero-order valence-corrected chi connectivity index (χ0v) is 15.6. The van der Waals surface area contributed by atoms with Crippen LogP contribution in [0.5, 0.6) is 0 Å². The third kappa shape index (κ3) is 2.78. The van der Waals surface area contributed by atoms with E-state index in [2.05, 4.69) is 16.3 Å². The molecule has 1 amide bonds. The lowest BCUT2D eigenvalue weighted by Crippen LogP contribution is -2.21. The minimum absolute atomic E-state index is 0.127. The van der Waals surface area contributed by atoms with Crippen molar-refractivity contribution in [3.63, 3.8) is 0 Å². The number of carbonyl (C=O) groups excluding carboxylic acids is 1. The Morgan fingerprint density at radius 2 is 1.88 bits per heavy atom. The summed E-state index contributed by atoms with van der Waals surface area (Å²) in [5.74, 6) is -0.127. The Bertz CT molecular complexity index is 1040. The Kier molecular flexibility index (Phi) is 4.05. The van der Waals surface area contributed by atoms with Gasteiger partial charge in [0.25, 0.3) is 5.91 Å². The molecule has 3 heterocycles. The van der Waals surface area contributed by atoms with Gasteiger partial charge in [-0.25, -0.2) is 0 Å². The van der Waals surface area contributed by atoms with E-state index < -0.39 is 0 Å². The summed E-state index contributed by atoms with van der Waals surface area (Å²) < 4.78 is 1.77. The third-order valence-electron chi connectivity index (χ3n) is 4.30. The lowest BCUT2D eigenvalue weighted by atomic mass is 10.1. The summed E-state index contributed by atoms with van der Waals surface area (Å²) in [6.07, 6.45) is 1.94. The Morgan fingerprint density at radius 3 is 2.50 bits per heavy atom. The molecule has 0 saturated carbocycles. The van der Waals surface area contributed by atoms with Gasteiger partial charge in [0.15, 0.2) is 0 Å². The molecule has 0 atom stereocenters. The number of rotatable bonds is 3. The van der Waals surface area contributed by atoms with Gasteiger partial charge < -0.3 is 0 Å². The fourth-order valence-corrected chi connectivity index (χ4v) is 3.83. The van der Waals surface area contributed by atoms with E-state index in [1.54, 1.807) is 16.0 Å². The topological polar surface area (TPSA) is 50.5 Å². The van der Waals surface area contributed by atoms with Gasteiger partial charge in [-0.2, -0.15) is 15.2 Å². The quantitative estimate of drug-likeness (QED) is 0.663. The van der Waals surface area contributed by atoms with Crippen molar-refractivity contribution in [3.05, 3.63) is 75.2 Å². The van der Waals surface area contributed by atoms with E-state index in [9.17, 15) is 4.79 Å². The molecule has 1 aliphatic rings. The molecule has 0 saturated heterocycles. The molecule has 1 aromatic carbocycles. The minimum Gasteiger partial charge on any atom is -0.267 e. The molecule has 6 heteroatoms. The molecule has 0 unspecified atom stereocenters.